The molecule has 4 aliphatic rings. The number of nitrogens with zero attached hydrogens (tertiary/aromatic N) is 1. The Morgan fingerprint density at radius 3 is 2.38 bits per heavy atom. The third-order valence-electron chi connectivity index (χ3n) is 6.70. The van der Waals surface area contributed by atoms with Crippen LogP contribution in [0.5, 0.6) is 0 Å². The summed E-state index contributed by atoms with van der Waals surface area (Å²) in [6.45, 7) is 4.59. The largest absolute Gasteiger partial charge is 0.215 e. The van der Waals surface area contributed by atoms with E-state index in [1.807, 2.05) is 40.8 Å². The zero-order valence-electron chi connectivity index (χ0n) is 12.7. The molecule has 1 spiro atoms. The van der Waals surface area contributed by atoms with Crippen molar-refractivity contribution in [3.8, 4) is 0 Å². The summed E-state index contributed by atoms with van der Waals surface area (Å²) < 4.78 is 27.6. The summed E-state index contributed by atoms with van der Waals surface area (Å²) in [6, 6.07) is 0.0678. The molecule has 0 aromatic carbocycles. The van der Waals surface area contributed by atoms with Gasteiger partial charge in [-0.2, -0.15) is 4.31 Å². The zero-order valence-corrected chi connectivity index (χ0v) is 13.5. The van der Waals surface area contributed by atoms with Gasteiger partial charge < -0.3 is 0 Å². The fourth-order valence-electron chi connectivity index (χ4n) is 5.43. The summed E-state index contributed by atoms with van der Waals surface area (Å²) in [4.78, 5) is 0. The molecule has 4 rings (SSSR count). The Bertz CT molecular complexity index is 642. The summed E-state index contributed by atoms with van der Waals surface area (Å²) in [5.41, 5.74) is 0.119. The molecule has 1 heterocycles. The maximum absolute atomic E-state index is 12.9. The van der Waals surface area contributed by atoms with E-state index >= 15 is 0 Å². The number of hydrogen-bond acceptors (Lipinski definition) is 2. The molecule has 1 aliphatic heterocycles. The molecule has 0 N–H and O–H groups in total. The molecule has 3 atom stereocenters. The Labute approximate surface area is 127 Å². The van der Waals surface area contributed by atoms with Gasteiger partial charge in [0.2, 0.25) is 10.0 Å². The van der Waals surface area contributed by atoms with E-state index in [0.29, 0.717) is 11.7 Å². The van der Waals surface area contributed by atoms with Crippen LogP contribution in [0, 0.1) is 16.7 Å². The lowest BCUT2D eigenvalue weighted by Gasteiger charge is -2.38. The fourth-order valence-corrected chi connectivity index (χ4v) is 8.13. The van der Waals surface area contributed by atoms with Gasteiger partial charge in [-0.05, 0) is 30.6 Å². The van der Waals surface area contributed by atoms with Crippen LogP contribution in [0.25, 0.3) is 0 Å². The summed E-state index contributed by atoms with van der Waals surface area (Å²) in [5.74, 6) is 1.03. The van der Waals surface area contributed by atoms with Crippen LogP contribution in [0.1, 0.15) is 33.1 Å². The molecule has 3 fully saturated rings. The lowest BCUT2D eigenvalue weighted by Crippen LogP contribution is -2.44. The number of allylic oxidation sites excluding steroid dienone is 4. The van der Waals surface area contributed by atoms with E-state index in [1.165, 1.54) is 6.42 Å². The first-order valence-electron chi connectivity index (χ1n) is 7.91. The average molecular weight is 305 g/mol. The van der Waals surface area contributed by atoms with E-state index in [2.05, 4.69) is 13.8 Å². The first-order chi connectivity index (χ1) is 9.88. The van der Waals surface area contributed by atoms with Crippen LogP contribution in [0.15, 0.2) is 36.5 Å². The third-order valence-corrected chi connectivity index (χ3v) is 8.72. The van der Waals surface area contributed by atoms with Gasteiger partial charge in [0.25, 0.3) is 0 Å². The number of sulfonamides is 1. The maximum Gasteiger partial charge on any atom is 0.215 e. The van der Waals surface area contributed by atoms with Gasteiger partial charge in [-0.1, -0.05) is 50.3 Å². The Hall–Kier alpha value is -0.870. The highest BCUT2D eigenvalue weighted by atomic mass is 32.2. The normalized spacial score (nSPS) is 43.3. The van der Waals surface area contributed by atoms with Crippen LogP contribution in [0.2, 0.25) is 0 Å². The van der Waals surface area contributed by atoms with E-state index in [9.17, 15) is 8.42 Å². The Balaban J connectivity index is 1.80. The van der Waals surface area contributed by atoms with Crippen molar-refractivity contribution in [2.45, 2.75) is 45.2 Å². The van der Waals surface area contributed by atoms with E-state index in [-0.39, 0.29) is 22.9 Å². The first kappa shape index (κ1) is 13.8. The molecular formula is C17H23NO2S. The Kier molecular flexibility index (Phi) is 2.69. The highest BCUT2D eigenvalue weighted by molar-refractivity contribution is 7.89. The lowest BCUT2D eigenvalue weighted by atomic mass is 9.69. The van der Waals surface area contributed by atoms with Crippen molar-refractivity contribution in [3.63, 3.8) is 0 Å². The highest BCUT2D eigenvalue weighted by Gasteiger charge is 2.71. The fraction of sp³-hybridized carbons (Fsp3) is 0.647. The summed E-state index contributed by atoms with van der Waals surface area (Å²) in [7, 11) is -3.17. The number of hydrogen-bond donors (Lipinski definition) is 0. The van der Waals surface area contributed by atoms with Gasteiger partial charge in [0.15, 0.2) is 0 Å². The molecule has 0 amide bonds. The molecule has 3 aliphatic carbocycles. The van der Waals surface area contributed by atoms with E-state index in [1.54, 1.807) is 0 Å². The molecule has 2 bridgehead atoms. The van der Waals surface area contributed by atoms with E-state index in [4.69, 9.17) is 0 Å². The third kappa shape index (κ3) is 1.61. The van der Waals surface area contributed by atoms with Crippen molar-refractivity contribution >= 4 is 10.0 Å². The van der Waals surface area contributed by atoms with Crippen LogP contribution in [-0.2, 0) is 10.0 Å². The Morgan fingerprint density at radius 2 is 1.76 bits per heavy atom. The van der Waals surface area contributed by atoms with Gasteiger partial charge in [-0.15, -0.1) is 0 Å². The van der Waals surface area contributed by atoms with Crippen molar-refractivity contribution in [2.75, 3.05) is 5.75 Å². The summed E-state index contributed by atoms with van der Waals surface area (Å²) in [6.07, 6.45) is 15.2. The summed E-state index contributed by atoms with van der Waals surface area (Å²) >= 11 is 0. The molecule has 4 heteroatoms. The molecule has 1 saturated heterocycles. The number of fused-ring (bicyclic) bond motifs is 1. The van der Waals surface area contributed by atoms with E-state index < -0.39 is 10.0 Å². The molecule has 114 valence electrons. The van der Waals surface area contributed by atoms with Crippen molar-refractivity contribution in [1.82, 2.24) is 4.31 Å². The summed E-state index contributed by atoms with van der Waals surface area (Å²) in [5, 5.41) is 0. The van der Waals surface area contributed by atoms with Crippen LogP contribution in [0.3, 0.4) is 0 Å². The molecule has 0 radical (unpaired) electrons. The second-order valence-electron chi connectivity index (χ2n) is 7.60. The second kappa shape index (κ2) is 4.11. The molecule has 2 saturated carbocycles. The van der Waals surface area contributed by atoms with Crippen LogP contribution < -0.4 is 0 Å². The number of rotatable bonds is 1. The minimum absolute atomic E-state index is 0.0298. The predicted molar refractivity (Wildman–Crippen MR) is 84.2 cm³/mol. The SMILES string of the molecule is CC1(C)[C@H]2CC[C@@]13CS(=O)(=O)N(C1C=CC=CC=C1)[C@H]3C2. The zero-order chi connectivity index (χ0) is 14.9. The highest BCUT2D eigenvalue weighted by Crippen LogP contribution is 2.70. The standard InChI is InChI=1S/C17H23NO2S/c1-16(2)13-9-10-17(16)12-21(19,20)18(15(17)11-13)14-7-5-3-4-6-8-14/h3-8,13-15H,9-12H2,1-2H3/t13-,15-,17-/m0/s1. The quantitative estimate of drug-likeness (QED) is 0.747. The molecular weight excluding hydrogens is 282 g/mol. The minimum Gasteiger partial charge on any atom is -0.212 e. The molecule has 21 heavy (non-hydrogen) atoms. The van der Waals surface area contributed by atoms with Crippen LogP contribution >= 0.6 is 0 Å². The van der Waals surface area contributed by atoms with Crippen molar-refractivity contribution in [3.05, 3.63) is 36.5 Å². The average Bonchev–Trinajstić information content (AvgIpc) is 2.74. The predicted octanol–water partition coefficient (Wildman–Crippen LogP) is 2.88. The monoisotopic (exact) mass is 305 g/mol. The van der Waals surface area contributed by atoms with Crippen molar-refractivity contribution in [1.29, 1.82) is 0 Å². The van der Waals surface area contributed by atoms with E-state index in [0.717, 1.165) is 12.8 Å². The first-order valence-corrected chi connectivity index (χ1v) is 9.52. The molecule has 3 nitrogen and oxygen atoms in total. The smallest absolute Gasteiger partial charge is 0.212 e. The van der Waals surface area contributed by atoms with Gasteiger partial charge in [-0.25, -0.2) is 8.42 Å². The molecule has 0 aromatic rings. The lowest BCUT2D eigenvalue weighted by molar-refractivity contribution is 0.111. The molecule has 0 unspecified atom stereocenters. The van der Waals surface area contributed by atoms with Gasteiger partial charge in [0.1, 0.15) is 0 Å². The minimum atomic E-state index is -3.17. The maximum atomic E-state index is 12.9. The van der Waals surface area contributed by atoms with Gasteiger partial charge in [0.05, 0.1) is 11.8 Å². The Morgan fingerprint density at radius 1 is 1.10 bits per heavy atom. The van der Waals surface area contributed by atoms with Crippen LogP contribution in [-0.4, -0.2) is 30.6 Å². The van der Waals surface area contributed by atoms with Gasteiger partial charge >= 0.3 is 0 Å². The van der Waals surface area contributed by atoms with Gasteiger partial charge in [-0.3, -0.25) is 0 Å². The second-order valence-corrected chi connectivity index (χ2v) is 9.47. The van der Waals surface area contributed by atoms with Crippen LogP contribution in [0.4, 0.5) is 0 Å². The molecule has 0 aromatic heterocycles. The van der Waals surface area contributed by atoms with Crippen molar-refractivity contribution < 1.29 is 8.42 Å². The topological polar surface area (TPSA) is 37.4 Å². The van der Waals surface area contributed by atoms with Crippen molar-refractivity contribution in [2.24, 2.45) is 16.7 Å². The van der Waals surface area contributed by atoms with Gasteiger partial charge in [0, 0.05) is 11.5 Å².